The molecule has 1 unspecified atom stereocenters. The average Bonchev–Trinajstić information content (AvgIpc) is 2.20. The number of benzene rings is 1. The second-order valence-electron chi connectivity index (χ2n) is 4.03. The van der Waals surface area contributed by atoms with Crippen LogP contribution in [0.3, 0.4) is 0 Å². The summed E-state index contributed by atoms with van der Waals surface area (Å²) in [6, 6.07) is 4.98. The molecule has 0 fully saturated rings. The fraction of sp³-hybridized carbons (Fsp3) is 0.417. The van der Waals surface area contributed by atoms with E-state index in [1.165, 1.54) is 13.0 Å². The third-order valence-corrected chi connectivity index (χ3v) is 2.83. The van der Waals surface area contributed by atoms with Gasteiger partial charge in [-0.1, -0.05) is 19.1 Å². The van der Waals surface area contributed by atoms with Crippen molar-refractivity contribution in [1.82, 2.24) is 0 Å². The van der Waals surface area contributed by atoms with Crippen molar-refractivity contribution in [2.45, 2.75) is 27.2 Å². The second kappa shape index (κ2) is 4.88. The van der Waals surface area contributed by atoms with E-state index in [9.17, 15) is 14.9 Å². The lowest BCUT2D eigenvalue weighted by atomic mass is 9.94. The van der Waals surface area contributed by atoms with E-state index in [4.69, 9.17) is 0 Å². The molecule has 0 heterocycles. The number of hydrogen-bond acceptors (Lipinski definition) is 3. The van der Waals surface area contributed by atoms with Crippen LogP contribution < -0.4 is 0 Å². The third kappa shape index (κ3) is 2.66. The summed E-state index contributed by atoms with van der Waals surface area (Å²) in [7, 11) is 0. The monoisotopic (exact) mass is 221 g/mol. The molecule has 86 valence electrons. The van der Waals surface area contributed by atoms with Crippen molar-refractivity contribution in [1.29, 1.82) is 0 Å². The molecule has 0 saturated carbocycles. The van der Waals surface area contributed by atoms with E-state index in [1.807, 2.05) is 13.0 Å². The van der Waals surface area contributed by atoms with E-state index in [1.54, 1.807) is 13.0 Å². The number of hydrogen-bond donors (Lipinski definition) is 0. The van der Waals surface area contributed by atoms with Crippen molar-refractivity contribution in [3.05, 3.63) is 39.4 Å². The van der Waals surface area contributed by atoms with Crippen LogP contribution in [0.4, 0.5) is 5.69 Å². The highest BCUT2D eigenvalue weighted by molar-refractivity contribution is 5.78. The van der Waals surface area contributed by atoms with Gasteiger partial charge >= 0.3 is 0 Å². The summed E-state index contributed by atoms with van der Waals surface area (Å²) in [6.07, 6.45) is 0.558. The lowest BCUT2D eigenvalue weighted by Crippen LogP contribution is -2.10. The zero-order chi connectivity index (χ0) is 12.3. The van der Waals surface area contributed by atoms with Crippen LogP contribution in [0, 0.1) is 23.0 Å². The van der Waals surface area contributed by atoms with E-state index in [2.05, 4.69) is 0 Å². The number of ketones is 1. The van der Waals surface area contributed by atoms with Crippen LogP contribution in [-0.2, 0) is 11.2 Å². The Hall–Kier alpha value is -1.71. The smallest absolute Gasteiger partial charge is 0.272 e. The van der Waals surface area contributed by atoms with Crippen molar-refractivity contribution >= 4 is 11.5 Å². The molecule has 1 atom stereocenters. The molecule has 1 aromatic rings. The number of nitro groups is 1. The summed E-state index contributed by atoms with van der Waals surface area (Å²) < 4.78 is 0. The Morgan fingerprint density at radius 2 is 2.12 bits per heavy atom. The molecule has 0 saturated heterocycles. The Bertz CT molecular complexity index is 426. The van der Waals surface area contributed by atoms with Gasteiger partial charge in [-0.3, -0.25) is 14.9 Å². The Morgan fingerprint density at radius 3 is 2.62 bits per heavy atom. The van der Waals surface area contributed by atoms with Gasteiger partial charge in [0.15, 0.2) is 0 Å². The summed E-state index contributed by atoms with van der Waals surface area (Å²) in [6.45, 7) is 5.10. The predicted molar refractivity (Wildman–Crippen MR) is 61.4 cm³/mol. The molecule has 0 spiro atoms. The van der Waals surface area contributed by atoms with E-state index in [0.717, 1.165) is 5.56 Å². The van der Waals surface area contributed by atoms with Crippen molar-refractivity contribution in [3.63, 3.8) is 0 Å². The molecule has 0 aliphatic carbocycles. The van der Waals surface area contributed by atoms with E-state index in [0.29, 0.717) is 12.0 Å². The standard InChI is InChI=1S/C12H15NO3/c1-8(10(3)14)7-11-5-4-6-12(9(11)2)13(15)16/h4-6,8H,7H2,1-3H3. The molecule has 0 aliphatic rings. The largest absolute Gasteiger partial charge is 0.300 e. The van der Waals surface area contributed by atoms with E-state index < -0.39 is 4.92 Å². The van der Waals surface area contributed by atoms with Gasteiger partial charge in [-0.15, -0.1) is 0 Å². The van der Waals surface area contributed by atoms with Crippen LogP contribution >= 0.6 is 0 Å². The normalized spacial score (nSPS) is 12.2. The Balaban J connectivity index is 3.02. The molecule has 0 aromatic heterocycles. The van der Waals surface area contributed by atoms with Crippen LogP contribution in [0.25, 0.3) is 0 Å². The summed E-state index contributed by atoms with van der Waals surface area (Å²) in [4.78, 5) is 21.5. The molecular weight excluding hydrogens is 206 g/mol. The first kappa shape index (κ1) is 12.4. The first-order chi connectivity index (χ1) is 7.43. The fourth-order valence-corrected chi connectivity index (χ4v) is 1.56. The molecule has 1 rings (SSSR count). The van der Waals surface area contributed by atoms with Crippen molar-refractivity contribution < 1.29 is 9.72 Å². The first-order valence-corrected chi connectivity index (χ1v) is 5.16. The average molecular weight is 221 g/mol. The summed E-state index contributed by atoms with van der Waals surface area (Å²) in [5.41, 5.74) is 1.64. The van der Waals surface area contributed by atoms with Crippen LogP contribution in [0.1, 0.15) is 25.0 Å². The molecule has 0 radical (unpaired) electrons. The summed E-state index contributed by atoms with van der Waals surface area (Å²) >= 11 is 0. The van der Waals surface area contributed by atoms with Crippen molar-refractivity contribution in [2.75, 3.05) is 0 Å². The highest BCUT2D eigenvalue weighted by Crippen LogP contribution is 2.23. The van der Waals surface area contributed by atoms with Gasteiger partial charge in [0, 0.05) is 17.5 Å². The van der Waals surface area contributed by atoms with E-state index in [-0.39, 0.29) is 17.4 Å². The van der Waals surface area contributed by atoms with Crippen LogP contribution in [0.5, 0.6) is 0 Å². The highest BCUT2D eigenvalue weighted by Gasteiger charge is 2.16. The minimum atomic E-state index is -0.392. The van der Waals surface area contributed by atoms with Gasteiger partial charge < -0.3 is 0 Å². The number of Topliss-reactive ketones (excluding diaryl/α,β-unsaturated/α-hetero) is 1. The lowest BCUT2D eigenvalue weighted by Gasteiger charge is -2.10. The minimum absolute atomic E-state index is 0.0966. The highest BCUT2D eigenvalue weighted by atomic mass is 16.6. The predicted octanol–water partition coefficient (Wildman–Crippen LogP) is 2.67. The number of nitrogens with zero attached hydrogens (tertiary/aromatic N) is 1. The van der Waals surface area contributed by atoms with Gasteiger partial charge in [0.05, 0.1) is 4.92 Å². The zero-order valence-electron chi connectivity index (χ0n) is 9.69. The topological polar surface area (TPSA) is 60.2 Å². The maximum atomic E-state index is 11.1. The molecule has 4 heteroatoms. The quantitative estimate of drug-likeness (QED) is 0.580. The number of carbonyl (C=O) groups excluding carboxylic acids is 1. The molecule has 0 amide bonds. The second-order valence-corrected chi connectivity index (χ2v) is 4.03. The fourth-order valence-electron chi connectivity index (χ4n) is 1.56. The number of rotatable bonds is 4. The van der Waals surface area contributed by atoms with E-state index >= 15 is 0 Å². The van der Waals surface area contributed by atoms with Gasteiger partial charge in [-0.2, -0.15) is 0 Å². The van der Waals surface area contributed by atoms with Crippen LogP contribution in [-0.4, -0.2) is 10.7 Å². The minimum Gasteiger partial charge on any atom is -0.300 e. The molecule has 4 nitrogen and oxygen atoms in total. The Morgan fingerprint density at radius 1 is 1.50 bits per heavy atom. The molecule has 1 aromatic carbocycles. The zero-order valence-corrected chi connectivity index (χ0v) is 9.69. The number of carbonyl (C=O) groups is 1. The van der Waals surface area contributed by atoms with Crippen molar-refractivity contribution in [2.24, 2.45) is 5.92 Å². The van der Waals surface area contributed by atoms with Crippen LogP contribution in [0.15, 0.2) is 18.2 Å². The third-order valence-electron chi connectivity index (χ3n) is 2.83. The Kier molecular flexibility index (Phi) is 3.77. The van der Waals surface area contributed by atoms with Gasteiger partial charge in [0.25, 0.3) is 5.69 Å². The van der Waals surface area contributed by atoms with Gasteiger partial charge in [0.2, 0.25) is 0 Å². The molecule has 0 bridgehead atoms. The van der Waals surface area contributed by atoms with Gasteiger partial charge in [-0.05, 0) is 25.8 Å². The lowest BCUT2D eigenvalue weighted by molar-refractivity contribution is -0.385. The summed E-state index contributed by atoms with van der Waals surface area (Å²) in [5, 5.41) is 10.7. The molecule has 16 heavy (non-hydrogen) atoms. The first-order valence-electron chi connectivity index (χ1n) is 5.16. The molecule has 0 aliphatic heterocycles. The number of nitro benzene ring substituents is 1. The SMILES string of the molecule is CC(=O)C(C)Cc1cccc([N+](=O)[O-])c1C. The Labute approximate surface area is 94.4 Å². The molecular formula is C12H15NO3. The van der Waals surface area contributed by atoms with Crippen molar-refractivity contribution in [3.8, 4) is 0 Å². The maximum absolute atomic E-state index is 11.1. The molecule has 0 N–H and O–H groups in total. The van der Waals surface area contributed by atoms with Gasteiger partial charge in [0.1, 0.15) is 5.78 Å². The van der Waals surface area contributed by atoms with Crippen LogP contribution in [0.2, 0.25) is 0 Å². The maximum Gasteiger partial charge on any atom is 0.272 e. The van der Waals surface area contributed by atoms with Gasteiger partial charge in [-0.25, -0.2) is 0 Å². The summed E-state index contributed by atoms with van der Waals surface area (Å²) in [5.74, 6) is 0.00612.